The highest BCUT2D eigenvalue weighted by molar-refractivity contribution is 6.03. The van der Waals surface area contributed by atoms with Crippen molar-refractivity contribution < 1.29 is 4.74 Å². The SMILES string of the molecule is CCOc1ccc(C2=C(C)N=C(C3(C)CCN(c4ncnc5c4C=C(c4ccc(C#N)cc4)C5)CC3)C2)cc1. The molecular weight excluding hydrogens is 482 g/mol. The van der Waals surface area contributed by atoms with Crippen molar-refractivity contribution in [3.8, 4) is 11.8 Å². The molecule has 0 spiro atoms. The molecule has 0 unspecified atom stereocenters. The van der Waals surface area contributed by atoms with Crippen molar-refractivity contribution in [2.24, 2.45) is 10.4 Å². The first-order valence-corrected chi connectivity index (χ1v) is 13.8. The lowest BCUT2D eigenvalue weighted by Crippen LogP contribution is -2.43. The third kappa shape index (κ3) is 4.74. The van der Waals surface area contributed by atoms with Gasteiger partial charge in [-0.2, -0.15) is 5.26 Å². The topological polar surface area (TPSA) is 74.4 Å². The van der Waals surface area contributed by atoms with Gasteiger partial charge in [0.15, 0.2) is 0 Å². The van der Waals surface area contributed by atoms with Gasteiger partial charge in [0.1, 0.15) is 17.9 Å². The van der Waals surface area contributed by atoms with E-state index in [2.05, 4.69) is 60.1 Å². The Morgan fingerprint density at radius 1 is 0.974 bits per heavy atom. The number of rotatable bonds is 6. The van der Waals surface area contributed by atoms with Crippen LogP contribution in [0.3, 0.4) is 0 Å². The van der Waals surface area contributed by atoms with E-state index in [1.165, 1.54) is 22.4 Å². The highest BCUT2D eigenvalue weighted by Crippen LogP contribution is 2.43. The third-order valence-electron chi connectivity index (χ3n) is 8.47. The molecule has 3 heterocycles. The quantitative estimate of drug-likeness (QED) is 0.364. The van der Waals surface area contributed by atoms with Gasteiger partial charge in [0.25, 0.3) is 0 Å². The van der Waals surface area contributed by atoms with E-state index < -0.39 is 0 Å². The van der Waals surface area contributed by atoms with E-state index >= 15 is 0 Å². The number of benzene rings is 2. The molecule has 0 saturated carbocycles. The number of aromatic nitrogens is 2. The molecule has 0 amide bonds. The van der Waals surface area contributed by atoms with Crippen molar-refractivity contribution in [1.29, 1.82) is 5.26 Å². The summed E-state index contributed by atoms with van der Waals surface area (Å²) in [5.41, 5.74) is 10.3. The summed E-state index contributed by atoms with van der Waals surface area (Å²) in [7, 11) is 0. The number of fused-ring (bicyclic) bond motifs is 1. The smallest absolute Gasteiger partial charge is 0.139 e. The molecule has 2 aromatic carbocycles. The molecule has 6 rings (SSSR count). The summed E-state index contributed by atoms with van der Waals surface area (Å²) in [6.07, 6.45) is 7.72. The van der Waals surface area contributed by atoms with E-state index in [-0.39, 0.29) is 5.41 Å². The molecule has 0 N–H and O–H groups in total. The Morgan fingerprint density at radius 3 is 2.38 bits per heavy atom. The van der Waals surface area contributed by atoms with Gasteiger partial charge < -0.3 is 9.64 Å². The Labute approximate surface area is 230 Å². The van der Waals surface area contributed by atoms with Crippen LogP contribution < -0.4 is 9.64 Å². The molecule has 1 fully saturated rings. The number of hydrogen-bond acceptors (Lipinski definition) is 6. The molecule has 6 heteroatoms. The lowest BCUT2D eigenvalue weighted by atomic mass is 9.74. The molecule has 2 aliphatic heterocycles. The fourth-order valence-electron chi connectivity index (χ4n) is 6.00. The first-order chi connectivity index (χ1) is 19.0. The van der Waals surface area contributed by atoms with Crippen molar-refractivity contribution in [1.82, 2.24) is 9.97 Å². The van der Waals surface area contributed by atoms with Crippen LogP contribution in [0.25, 0.3) is 17.2 Å². The number of allylic oxidation sites excluding steroid dienone is 3. The average molecular weight is 516 g/mol. The zero-order valence-electron chi connectivity index (χ0n) is 22.9. The third-order valence-corrected chi connectivity index (χ3v) is 8.47. The lowest BCUT2D eigenvalue weighted by Gasteiger charge is -2.40. The molecule has 0 atom stereocenters. The van der Waals surface area contributed by atoms with Crippen LogP contribution in [0.1, 0.15) is 68.0 Å². The van der Waals surface area contributed by atoms with Crippen LogP contribution in [0.5, 0.6) is 5.75 Å². The fraction of sp³-hybridized carbons (Fsp3) is 0.333. The van der Waals surface area contributed by atoms with E-state index in [0.29, 0.717) is 12.2 Å². The zero-order chi connectivity index (χ0) is 27.0. The van der Waals surface area contributed by atoms with Crippen molar-refractivity contribution in [2.75, 3.05) is 24.6 Å². The van der Waals surface area contributed by atoms with Crippen molar-refractivity contribution in [3.63, 3.8) is 0 Å². The van der Waals surface area contributed by atoms with Crippen LogP contribution in [-0.4, -0.2) is 35.4 Å². The molecule has 39 heavy (non-hydrogen) atoms. The molecule has 1 aromatic heterocycles. The monoisotopic (exact) mass is 515 g/mol. The molecular formula is C33H33N5O. The van der Waals surface area contributed by atoms with Gasteiger partial charge in [-0.05, 0) is 79.3 Å². The molecule has 3 aromatic rings. The van der Waals surface area contributed by atoms with Crippen LogP contribution in [0.15, 0.2) is 65.5 Å². The van der Waals surface area contributed by atoms with Crippen LogP contribution in [0, 0.1) is 16.7 Å². The van der Waals surface area contributed by atoms with Gasteiger partial charge in [-0.25, -0.2) is 9.97 Å². The average Bonchev–Trinajstić information content (AvgIpc) is 3.58. The second kappa shape index (κ2) is 10.1. The largest absolute Gasteiger partial charge is 0.494 e. The molecule has 3 aliphatic rings. The Morgan fingerprint density at radius 2 is 1.69 bits per heavy atom. The van der Waals surface area contributed by atoms with Gasteiger partial charge in [-0.3, -0.25) is 4.99 Å². The van der Waals surface area contributed by atoms with E-state index in [4.69, 9.17) is 20.0 Å². The maximum Gasteiger partial charge on any atom is 0.139 e. The summed E-state index contributed by atoms with van der Waals surface area (Å²) < 4.78 is 5.62. The summed E-state index contributed by atoms with van der Waals surface area (Å²) in [5, 5.41) is 9.12. The summed E-state index contributed by atoms with van der Waals surface area (Å²) in [4.78, 5) is 16.9. The highest BCUT2D eigenvalue weighted by Gasteiger charge is 2.38. The number of piperidine rings is 1. The van der Waals surface area contributed by atoms with Crippen LogP contribution in [0.4, 0.5) is 5.82 Å². The Bertz CT molecular complexity index is 1530. The van der Waals surface area contributed by atoms with Gasteiger partial charge in [0.05, 0.1) is 23.9 Å². The maximum atomic E-state index is 9.12. The minimum Gasteiger partial charge on any atom is -0.494 e. The minimum atomic E-state index is 0.0739. The van der Waals surface area contributed by atoms with Gasteiger partial charge in [0, 0.05) is 48.3 Å². The van der Waals surface area contributed by atoms with Crippen LogP contribution in [0.2, 0.25) is 0 Å². The summed E-state index contributed by atoms with van der Waals surface area (Å²) in [6.45, 7) is 9.08. The molecule has 6 nitrogen and oxygen atoms in total. The summed E-state index contributed by atoms with van der Waals surface area (Å²) in [5.74, 6) is 1.94. The molecule has 1 saturated heterocycles. The van der Waals surface area contributed by atoms with Gasteiger partial charge in [-0.15, -0.1) is 0 Å². The Hall–Kier alpha value is -4.24. The predicted molar refractivity (Wildman–Crippen MR) is 157 cm³/mol. The van der Waals surface area contributed by atoms with Crippen molar-refractivity contribution in [3.05, 3.63) is 88.5 Å². The molecule has 0 radical (unpaired) electrons. The highest BCUT2D eigenvalue weighted by atomic mass is 16.5. The van der Waals surface area contributed by atoms with Gasteiger partial charge >= 0.3 is 0 Å². The van der Waals surface area contributed by atoms with Crippen LogP contribution >= 0.6 is 0 Å². The van der Waals surface area contributed by atoms with Gasteiger partial charge in [0.2, 0.25) is 0 Å². The fourth-order valence-corrected chi connectivity index (χ4v) is 6.00. The number of aliphatic imine (C=N–C) groups is 1. The number of nitriles is 1. The normalized spacial score (nSPS) is 17.9. The van der Waals surface area contributed by atoms with E-state index in [0.717, 1.165) is 72.9 Å². The first kappa shape index (κ1) is 25.1. The summed E-state index contributed by atoms with van der Waals surface area (Å²) in [6, 6.07) is 18.4. The molecule has 0 bridgehead atoms. The zero-order valence-corrected chi connectivity index (χ0v) is 22.9. The van der Waals surface area contributed by atoms with Crippen molar-refractivity contribution in [2.45, 2.75) is 46.5 Å². The van der Waals surface area contributed by atoms with Gasteiger partial charge in [-0.1, -0.05) is 31.2 Å². The number of hydrogen-bond donors (Lipinski definition) is 0. The molecule has 196 valence electrons. The maximum absolute atomic E-state index is 9.12. The predicted octanol–water partition coefficient (Wildman–Crippen LogP) is 6.73. The van der Waals surface area contributed by atoms with Crippen molar-refractivity contribution >= 4 is 28.8 Å². The van der Waals surface area contributed by atoms with E-state index in [9.17, 15) is 0 Å². The lowest BCUT2D eigenvalue weighted by molar-refractivity contribution is 0.340. The number of ether oxygens (including phenoxy) is 1. The van der Waals surface area contributed by atoms with E-state index in [1.54, 1.807) is 6.33 Å². The Balaban J connectivity index is 1.15. The van der Waals surface area contributed by atoms with E-state index in [1.807, 2.05) is 31.2 Å². The standard InChI is InChI=1S/C33H33N5O/c1-4-39-27-11-9-25(10-12-27)28-19-31(37-22(28)2)33(3)13-15-38(16-14-33)32-29-17-26(18-30(29)35-21-36-32)24-7-5-23(20-34)6-8-24/h5-12,17,21H,4,13-16,18-19H2,1-3H3. The number of anilines is 1. The minimum absolute atomic E-state index is 0.0739. The first-order valence-electron chi connectivity index (χ1n) is 13.8. The second-order valence-corrected chi connectivity index (χ2v) is 10.9. The Kier molecular flexibility index (Phi) is 6.52. The molecule has 1 aliphatic carbocycles. The summed E-state index contributed by atoms with van der Waals surface area (Å²) >= 11 is 0. The second-order valence-electron chi connectivity index (χ2n) is 10.9. The van der Waals surface area contributed by atoms with Crippen LogP contribution in [-0.2, 0) is 6.42 Å². The number of nitrogens with zero attached hydrogens (tertiary/aromatic N) is 5.